The van der Waals surface area contributed by atoms with E-state index in [4.69, 9.17) is 0 Å². The number of rotatable bonds is 0. The average molecular weight is 243 g/mol. The molecule has 0 saturated heterocycles. The zero-order chi connectivity index (χ0) is 9.42. The van der Waals surface area contributed by atoms with Crippen LogP contribution in [0.15, 0.2) is 34.8 Å². The third-order valence-corrected chi connectivity index (χ3v) is 2.54. The SMILES string of the molecule is Fc1cc(Br)c2ccccc2c1F. The highest BCUT2D eigenvalue weighted by Crippen LogP contribution is 2.27. The molecule has 0 aliphatic heterocycles. The van der Waals surface area contributed by atoms with Crippen LogP contribution in [0, 0.1) is 11.6 Å². The molecule has 0 unspecified atom stereocenters. The third-order valence-electron chi connectivity index (χ3n) is 1.88. The lowest BCUT2D eigenvalue weighted by molar-refractivity contribution is 0.516. The van der Waals surface area contributed by atoms with Crippen LogP contribution in [0.5, 0.6) is 0 Å². The quantitative estimate of drug-likeness (QED) is 0.616. The maximum Gasteiger partial charge on any atom is 0.166 e. The van der Waals surface area contributed by atoms with Crippen molar-refractivity contribution in [2.75, 3.05) is 0 Å². The molecule has 0 radical (unpaired) electrons. The molecule has 66 valence electrons. The molecule has 13 heavy (non-hydrogen) atoms. The summed E-state index contributed by atoms with van der Waals surface area (Å²) < 4.78 is 26.7. The highest BCUT2D eigenvalue weighted by Gasteiger charge is 2.09. The van der Waals surface area contributed by atoms with Crippen molar-refractivity contribution in [3.63, 3.8) is 0 Å². The summed E-state index contributed by atoms with van der Waals surface area (Å²) in [6.07, 6.45) is 0. The number of hydrogen-bond acceptors (Lipinski definition) is 0. The lowest BCUT2D eigenvalue weighted by Gasteiger charge is -2.02. The molecule has 2 rings (SSSR count). The Morgan fingerprint density at radius 2 is 1.62 bits per heavy atom. The molecule has 0 N–H and O–H groups in total. The fraction of sp³-hybridized carbons (Fsp3) is 0. The summed E-state index contributed by atoms with van der Waals surface area (Å²) in [5.74, 6) is -1.62. The van der Waals surface area contributed by atoms with Crippen LogP contribution in [0.4, 0.5) is 8.78 Å². The Hall–Kier alpha value is -0.960. The van der Waals surface area contributed by atoms with Crippen LogP contribution >= 0.6 is 15.9 Å². The van der Waals surface area contributed by atoms with Crippen LogP contribution in [-0.2, 0) is 0 Å². The lowest BCUT2D eigenvalue weighted by atomic mass is 10.1. The Morgan fingerprint density at radius 1 is 1.00 bits per heavy atom. The molecular formula is C10H5BrF2. The topological polar surface area (TPSA) is 0 Å². The van der Waals surface area contributed by atoms with Gasteiger partial charge in [-0.1, -0.05) is 40.2 Å². The maximum atomic E-state index is 13.2. The van der Waals surface area contributed by atoms with E-state index in [1.807, 2.05) is 0 Å². The van der Waals surface area contributed by atoms with E-state index in [2.05, 4.69) is 15.9 Å². The molecule has 0 atom stereocenters. The summed E-state index contributed by atoms with van der Waals surface area (Å²) in [7, 11) is 0. The second-order valence-corrected chi connectivity index (χ2v) is 3.55. The van der Waals surface area contributed by atoms with E-state index >= 15 is 0 Å². The summed E-state index contributed by atoms with van der Waals surface area (Å²) >= 11 is 3.18. The van der Waals surface area contributed by atoms with Crippen LogP contribution in [0.1, 0.15) is 0 Å². The summed E-state index contributed by atoms with van der Waals surface area (Å²) in [4.78, 5) is 0. The van der Waals surface area contributed by atoms with Gasteiger partial charge in [0.2, 0.25) is 0 Å². The summed E-state index contributed by atoms with van der Waals surface area (Å²) in [5, 5.41) is 0.982. The zero-order valence-electron chi connectivity index (χ0n) is 6.52. The van der Waals surface area contributed by atoms with Crippen molar-refractivity contribution < 1.29 is 8.78 Å². The average Bonchev–Trinajstić information content (AvgIpc) is 2.15. The van der Waals surface area contributed by atoms with Crippen molar-refractivity contribution in [2.24, 2.45) is 0 Å². The molecule has 2 aromatic rings. The fourth-order valence-electron chi connectivity index (χ4n) is 1.26. The Kier molecular flexibility index (Phi) is 2.04. The van der Waals surface area contributed by atoms with Crippen LogP contribution in [0.3, 0.4) is 0 Å². The van der Waals surface area contributed by atoms with E-state index in [0.29, 0.717) is 15.2 Å². The molecule has 0 heterocycles. The summed E-state index contributed by atoms with van der Waals surface area (Å²) in [6, 6.07) is 7.89. The normalized spacial score (nSPS) is 10.7. The molecule has 2 aromatic carbocycles. The van der Waals surface area contributed by atoms with Crippen LogP contribution in [0.2, 0.25) is 0 Å². The second kappa shape index (κ2) is 3.07. The monoisotopic (exact) mass is 242 g/mol. The molecule has 0 nitrogen and oxygen atoms in total. The Morgan fingerprint density at radius 3 is 2.31 bits per heavy atom. The van der Waals surface area contributed by atoms with Gasteiger partial charge in [0.25, 0.3) is 0 Å². The predicted octanol–water partition coefficient (Wildman–Crippen LogP) is 3.88. The standard InChI is InChI=1S/C10H5BrF2/c11-8-5-9(12)10(13)7-4-2-1-3-6(7)8/h1-5H. The first-order valence-corrected chi connectivity index (χ1v) is 4.51. The van der Waals surface area contributed by atoms with Gasteiger partial charge in [-0.05, 0) is 11.5 Å². The highest BCUT2D eigenvalue weighted by atomic mass is 79.9. The molecule has 0 aliphatic rings. The van der Waals surface area contributed by atoms with Crippen molar-refractivity contribution in [1.29, 1.82) is 0 Å². The Labute approximate surface area is 82.3 Å². The molecule has 0 amide bonds. The summed E-state index contributed by atoms with van der Waals surface area (Å²) in [5.41, 5.74) is 0. The van der Waals surface area contributed by atoms with Gasteiger partial charge in [-0.25, -0.2) is 8.78 Å². The van der Waals surface area contributed by atoms with E-state index in [-0.39, 0.29) is 0 Å². The van der Waals surface area contributed by atoms with Gasteiger partial charge in [-0.2, -0.15) is 0 Å². The number of hydrogen-bond donors (Lipinski definition) is 0. The van der Waals surface area contributed by atoms with Gasteiger partial charge in [-0.3, -0.25) is 0 Å². The van der Waals surface area contributed by atoms with E-state index in [1.165, 1.54) is 0 Å². The first-order chi connectivity index (χ1) is 6.20. The van der Waals surface area contributed by atoms with Gasteiger partial charge in [0.1, 0.15) is 0 Å². The first-order valence-electron chi connectivity index (χ1n) is 3.72. The largest absolute Gasteiger partial charge is 0.204 e. The molecule has 0 bridgehead atoms. The Bertz CT molecular complexity index is 466. The van der Waals surface area contributed by atoms with Crippen LogP contribution in [-0.4, -0.2) is 0 Å². The van der Waals surface area contributed by atoms with Crippen molar-refractivity contribution >= 4 is 26.7 Å². The minimum absolute atomic E-state index is 0.300. The lowest BCUT2D eigenvalue weighted by Crippen LogP contribution is -1.86. The molecule has 0 aliphatic carbocycles. The second-order valence-electron chi connectivity index (χ2n) is 2.70. The molecule has 0 spiro atoms. The highest BCUT2D eigenvalue weighted by molar-refractivity contribution is 9.10. The van der Waals surface area contributed by atoms with Gasteiger partial charge < -0.3 is 0 Å². The van der Waals surface area contributed by atoms with Crippen LogP contribution < -0.4 is 0 Å². The van der Waals surface area contributed by atoms with E-state index in [1.54, 1.807) is 24.3 Å². The van der Waals surface area contributed by atoms with Gasteiger partial charge >= 0.3 is 0 Å². The Balaban J connectivity index is 2.97. The third kappa shape index (κ3) is 1.33. The van der Waals surface area contributed by atoms with Crippen LogP contribution in [0.25, 0.3) is 10.8 Å². The predicted molar refractivity (Wildman–Crippen MR) is 51.6 cm³/mol. The smallest absolute Gasteiger partial charge is 0.166 e. The number of fused-ring (bicyclic) bond motifs is 1. The van der Waals surface area contributed by atoms with E-state index in [9.17, 15) is 8.78 Å². The van der Waals surface area contributed by atoms with Gasteiger partial charge in [0.15, 0.2) is 11.6 Å². The summed E-state index contributed by atoms with van der Waals surface area (Å²) in [6.45, 7) is 0. The first kappa shape index (κ1) is 8.63. The van der Waals surface area contributed by atoms with Gasteiger partial charge in [-0.15, -0.1) is 0 Å². The number of halogens is 3. The number of benzene rings is 2. The molecule has 0 saturated carbocycles. The molecule has 3 heteroatoms. The molecule has 0 fully saturated rings. The maximum absolute atomic E-state index is 13.2. The van der Waals surface area contributed by atoms with Gasteiger partial charge in [0, 0.05) is 9.86 Å². The van der Waals surface area contributed by atoms with Crippen molar-refractivity contribution in [3.8, 4) is 0 Å². The van der Waals surface area contributed by atoms with E-state index < -0.39 is 11.6 Å². The minimum Gasteiger partial charge on any atom is -0.204 e. The molecular weight excluding hydrogens is 238 g/mol. The van der Waals surface area contributed by atoms with Crippen molar-refractivity contribution in [3.05, 3.63) is 46.4 Å². The van der Waals surface area contributed by atoms with Crippen molar-refractivity contribution in [1.82, 2.24) is 0 Å². The minimum atomic E-state index is -0.828. The van der Waals surface area contributed by atoms with Gasteiger partial charge in [0.05, 0.1) is 0 Å². The fourth-order valence-corrected chi connectivity index (χ4v) is 1.81. The molecule has 0 aromatic heterocycles. The zero-order valence-corrected chi connectivity index (χ0v) is 8.11. The van der Waals surface area contributed by atoms with E-state index in [0.717, 1.165) is 6.07 Å². The van der Waals surface area contributed by atoms with Crippen molar-refractivity contribution in [2.45, 2.75) is 0 Å².